The molecule has 0 spiro atoms. The molecule has 0 saturated heterocycles. The fourth-order valence-electron chi connectivity index (χ4n) is 3.44. The minimum Gasteiger partial charge on any atom is -0.365 e. The van der Waals surface area contributed by atoms with Crippen LogP contribution in [0.3, 0.4) is 0 Å². The van der Waals surface area contributed by atoms with Gasteiger partial charge in [-0.3, -0.25) is 9.03 Å². The predicted octanol–water partition coefficient (Wildman–Crippen LogP) is 3.84. The van der Waals surface area contributed by atoms with Gasteiger partial charge in [0.1, 0.15) is 23.0 Å². The van der Waals surface area contributed by atoms with Crippen LogP contribution in [0.15, 0.2) is 78.1 Å². The highest BCUT2D eigenvalue weighted by Gasteiger charge is 2.35. The van der Waals surface area contributed by atoms with Gasteiger partial charge in [0, 0.05) is 43.4 Å². The van der Waals surface area contributed by atoms with Crippen LogP contribution >= 0.6 is 0 Å². The second kappa shape index (κ2) is 11.5. The van der Waals surface area contributed by atoms with Gasteiger partial charge in [0.05, 0.1) is 11.2 Å². The van der Waals surface area contributed by atoms with E-state index in [1.807, 2.05) is 0 Å². The Balaban J connectivity index is 1.55. The van der Waals surface area contributed by atoms with Gasteiger partial charge in [0.15, 0.2) is 0 Å². The molecule has 0 atom stereocenters. The highest BCUT2D eigenvalue weighted by molar-refractivity contribution is 7.92. The topological polar surface area (TPSA) is 159 Å². The lowest BCUT2D eigenvalue weighted by Crippen LogP contribution is -2.27. The van der Waals surface area contributed by atoms with Crippen LogP contribution in [0, 0.1) is 0 Å². The van der Waals surface area contributed by atoms with Gasteiger partial charge < -0.3 is 10.6 Å². The maximum absolute atomic E-state index is 13.7. The second-order valence-electron chi connectivity index (χ2n) is 8.49. The average Bonchev–Trinajstić information content (AvgIpc) is 2.91. The summed E-state index contributed by atoms with van der Waals surface area (Å²) >= 11 is 0. The molecule has 0 fully saturated rings. The van der Waals surface area contributed by atoms with Crippen molar-refractivity contribution in [2.24, 2.45) is 0 Å². The van der Waals surface area contributed by atoms with E-state index >= 15 is 0 Å². The zero-order valence-electron chi connectivity index (χ0n) is 21.5. The van der Waals surface area contributed by atoms with Crippen LogP contribution in [-0.4, -0.2) is 50.1 Å². The maximum Gasteiger partial charge on any atom is 0.421 e. The lowest BCUT2D eigenvalue weighted by atomic mass is 10.2. The van der Waals surface area contributed by atoms with Gasteiger partial charge >= 0.3 is 6.18 Å². The molecule has 0 amide bonds. The van der Waals surface area contributed by atoms with E-state index in [0.717, 1.165) is 10.6 Å². The van der Waals surface area contributed by atoms with Gasteiger partial charge in [-0.1, -0.05) is 12.1 Å². The number of nitrogens with zero attached hydrogens (tertiary/aromatic N) is 5. The maximum atomic E-state index is 13.7. The fraction of sp³-hybridized carbons (Fsp3) is 0.167. The van der Waals surface area contributed by atoms with Crippen molar-refractivity contribution in [3.8, 4) is 0 Å². The summed E-state index contributed by atoms with van der Waals surface area (Å²) in [6.07, 6.45) is -0.428. The molecule has 0 aliphatic carbocycles. The molecule has 3 heterocycles. The Morgan fingerprint density at radius 2 is 1.61 bits per heavy atom. The Morgan fingerprint density at radius 3 is 2.24 bits per heavy atom. The van der Waals surface area contributed by atoms with Crippen molar-refractivity contribution in [2.45, 2.75) is 17.6 Å². The van der Waals surface area contributed by atoms with E-state index in [1.165, 1.54) is 61.9 Å². The second-order valence-corrected chi connectivity index (χ2v) is 12.2. The summed E-state index contributed by atoms with van der Waals surface area (Å²) in [4.78, 5) is 15.6. The van der Waals surface area contributed by atoms with E-state index in [-0.39, 0.29) is 29.0 Å². The van der Waals surface area contributed by atoms with Crippen molar-refractivity contribution < 1.29 is 30.0 Å². The van der Waals surface area contributed by atoms with Gasteiger partial charge in [-0.15, -0.1) is 0 Å². The molecule has 0 unspecified atom stereocenters. The molecule has 1 aromatic carbocycles. The van der Waals surface area contributed by atoms with Crippen molar-refractivity contribution in [3.05, 3.63) is 84.3 Å². The molecule has 12 nitrogen and oxygen atoms in total. The molecule has 4 aromatic rings. The molecule has 0 aliphatic heterocycles. The molecule has 3 aromatic heterocycles. The van der Waals surface area contributed by atoms with Crippen molar-refractivity contribution in [2.75, 3.05) is 33.0 Å². The van der Waals surface area contributed by atoms with Crippen LogP contribution < -0.4 is 19.7 Å². The Morgan fingerprint density at radius 1 is 0.902 bits per heavy atom. The summed E-state index contributed by atoms with van der Waals surface area (Å²) < 4.78 is 93.5. The Hall–Kier alpha value is -4.51. The Kier molecular flexibility index (Phi) is 8.29. The number of sulfonamides is 2. The zero-order valence-corrected chi connectivity index (χ0v) is 23.1. The third kappa shape index (κ3) is 7.37. The van der Waals surface area contributed by atoms with E-state index in [1.54, 1.807) is 12.1 Å². The first kappa shape index (κ1) is 29.5. The molecule has 4 rings (SSSR count). The van der Waals surface area contributed by atoms with Crippen molar-refractivity contribution in [3.63, 3.8) is 0 Å². The lowest BCUT2D eigenvalue weighted by molar-refractivity contribution is -0.137. The SMILES string of the molecule is CN(c1ncccc1CNc1nc(Nc2ccc(S(=O)(=O)Nc3ccccn3)cc2)ncc1C(F)(F)F)S(C)(=O)=O. The number of aromatic nitrogens is 4. The molecule has 0 radical (unpaired) electrons. The van der Waals surface area contributed by atoms with Crippen LogP contribution in [0.25, 0.3) is 0 Å². The number of nitrogens with one attached hydrogen (secondary N) is 3. The number of halogens is 3. The normalized spacial score (nSPS) is 12.0. The third-order valence-electron chi connectivity index (χ3n) is 5.53. The lowest BCUT2D eigenvalue weighted by Gasteiger charge is -2.20. The van der Waals surface area contributed by atoms with Gasteiger partial charge in [0.2, 0.25) is 16.0 Å². The van der Waals surface area contributed by atoms with Crippen molar-refractivity contribution >= 4 is 49.1 Å². The molecule has 3 N–H and O–H groups in total. The van der Waals surface area contributed by atoms with Gasteiger partial charge in [-0.2, -0.15) is 18.2 Å². The number of rotatable bonds is 10. The van der Waals surface area contributed by atoms with Crippen LogP contribution in [0.5, 0.6) is 0 Å². The summed E-state index contributed by atoms with van der Waals surface area (Å²) in [5.41, 5.74) is -0.540. The minimum atomic E-state index is -4.79. The first-order chi connectivity index (χ1) is 19.2. The summed E-state index contributed by atoms with van der Waals surface area (Å²) in [7, 11) is -6.34. The van der Waals surface area contributed by atoms with E-state index in [2.05, 4.69) is 35.3 Å². The molecule has 0 bridgehead atoms. The first-order valence-corrected chi connectivity index (χ1v) is 14.9. The Labute approximate surface area is 233 Å². The quantitative estimate of drug-likeness (QED) is 0.241. The van der Waals surface area contributed by atoms with Gasteiger partial charge in [-0.05, 0) is 42.5 Å². The molecule has 17 heteroatoms. The zero-order chi connectivity index (χ0) is 29.8. The van der Waals surface area contributed by atoms with Crippen LogP contribution in [-0.2, 0) is 32.8 Å². The molecular formula is C24H23F3N8O4S2. The summed E-state index contributed by atoms with van der Waals surface area (Å²) in [6.45, 7) is -0.238. The van der Waals surface area contributed by atoms with E-state index < -0.39 is 37.6 Å². The standard InChI is InChI=1S/C24H23F3N8O4S2/c1-35(40(2,36)37)22-16(6-5-13-29-22)14-30-21-19(24(25,26)27)15-31-23(33-21)32-17-8-10-18(11-9-17)41(38,39)34-20-7-3-4-12-28-20/h3-13,15H,14H2,1-2H3,(H,28,34)(H2,30,31,32,33). The Bertz CT molecular complexity index is 1740. The smallest absolute Gasteiger partial charge is 0.365 e. The molecular weight excluding hydrogens is 585 g/mol. The molecule has 216 valence electrons. The number of hydrogen-bond acceptors (Lipinski definition) is 10. The number of anilines is 5. The molecule has 0 saturated carbocycles. The third-order valence-corrected chi connectivity index (χ3v) is 8.07. The van der Waals surface area contributed by atoms with Crippen molar-refractivity contribution in [1.82, 2.24) is 19.9 Å². The first-order valence-electron chi connectivity index (χ1n) is 11.6. The molecule has 0 aliphatic rings. The largest absolute Gasteiger partial charge is 0.421 e. The highest BCUT2D eigenvalue weighted by Crippen LogP contribution is 2.34. The van der Waals surface area contributed by atoms with Crippen LogP contribution in [0.2, 0.25) is 0 Å². The molecule has 41 heavy (non-hydrogen) atoms. The summed E-state index contributed by atoms with van der Waals surface area (Å²) in [5.74, 6) is -0.599. The number of pyridine rings is 2. The highest BCUT2D eigenvalue weighted by atomic mass is 32.2. The monoisotopic (exact) mass is 608 g/mol. The van der Waals surface area contributed by atoms with Crippen molar-refractivity contribution in [1.29, 1.82) is 0 Å². The number of benzene rings is 1. The number of alkyl halides is 3. The summed E-state index contributed by atoms with van der Waals surface area (Å²) in [5, 5.41) is 5.34. The average molecular weight is 609 g/mol. The summed E-state index contributed by atoms with van der Waals surface area (Å²) in [6, 6.07) is 13.1. The number of hydrogen-bond donors (Lipinski definition) is 3. The van der Waals surface area contributed by atoms with Gasteiger partial charge in [-0.25, -0.2) is 31.8 Å². The van der Waals surface area contributed by atoms with Gasteiger partial charge in [0.25, 0.3) is 10.0 Å². The van der Waals surface area contributed by atoms with Crippen LogP contribution in [0.4, 0.5) is 42.3 Å². The van der Waals surface area contributed by atoms with E-state index in [0.29, 0.717) is 17.4 Å². The van der Waals surface area contributed by atoms with E-state index in [4.69, 9.17) is 0 Å². The van der Waals surface area contributed by atoms with Crippen LogP contribution in [0.1, 0.15) is 11.1 Å². The minimum absolute atomic E-state index is 0.0380. The predicted molar refractivity (Wildman–Crippen MR) is 147 cm³/mol. The fourth-order valence-corrected chi connectivity index (χ4v) is 4.93. The van der Waals surface area contributed by atoms with E-state index in [9.17, 15) is 30.0 Å².